The fourth-order valence-corrected chi connectivity index (χ4v) is 3.48. The number of carbonyl (C=O) groups is 1. The molecule has 3 aromatic carbocycles. The van der Waals surface area contributed by atoms with Crippen molar-refractivity contribution in [3.63, 3.8) is 0 Å². The highest BCUT2D eigenvalue weighted by Gasteiger charge is 2.16. The minimum absolute atomic E-state index is 0.201. The molecule has 1 N–H and O–H groups in total. The predicted octanol–water partition coefficient (Wildman–Crippen LogP) is 3.94. The Labute approximate surface area is 179 Å². The summed E-state index contributed by atoms with van der Waals surface area (Å²) in [6, 6.07) is 21.8. The van der Waals surface area contributed by atoms with Crippen molar-refractivity contribution in [2.24, 2.45) is 0 Å². The lowest BCUT2D eigenvalue weighted by atomic mass is 10.1. The van der Waals surface area contributed by atoms with E-state index in [4.69, 9.17) is 9.47 Å². The van der Waals surface area contributed by atoms with Gasteiger partial charge in [0.2, 0.25) is 0 Å². The molecule has 4 aromatic rings. The van der Waals surface area contributed by atoms with Crippen molar-refractivity contribution in [1.29, 1.82) is 0 Å². The molecular formula is C25H22N2O4. The summed E-state index contributed by atoms with van der Waals surface area (Å²) in [5.74, 6) is 1.08. The molecule has 0 saturated heterocycles. The molecule has 0 unspecified atom stereocenters. The first-order valence-corrected chi connectivity index (χ1v) is 9.80. The van der Waals surface area contributed by atoms with Crippen LogP contribution in [-0.4, -0.2) is 24.7 Å². The third kappa shape index (κ3) is 4.14. The van der Waals surface area contributed by atoms with Crippen LogP contribution in [0, 0.1) is 0 Å². The van der Waals surface area contributed by atoms with Crippen LogP contribution in [0.15, 0.2) is 83.8 Å². The zero-order chi connectivity index (χ0) is 21.8. The molecule has 0 aliphatic heterocycles. The first kappa shape index (κ1) is 20.2. The van der Waals surface area contributed by atoms with Gasteiger partial charge in [-0.15, -0.1) is 0 Å². The second-order valence-corrected chi connectivity index (χ2v) is 7.00. The maximum Gasteiger partial charge on any atom is 0.262 e. The van der Waals surface area contributed by atoms with E-state index >= 15 is 0 Å². The quantitative estimate of drug-likeness (QED) is 0.519. The van der Waals surface area contributed by atoms with Gasteiger partial charge < -0.3 is 14.8 Å². The second kappa shape index (κ2) is 8.75. The topological polar surface area (TPSA) is 69.6 Å². The van der Waals surface area contributed by atoms with Gasteiger partial charge in [0.15, 0.2) is 0 Å². The molecule has 6 heteroatoms. The van der Waals surface area contributed by atoms with Gasteiger partial charge in [0.25, 0.3) is 11.5 Å². The van der Waals surface area contributed by atoms with Crippen LogP contribution in [-0.2, 0) is 6.54 Å². The molecule has 0 saturated carbocycles. The summed E-state index contributed by atoms with van der Waals surface area (Å²) in [5, 5.41) is 4.02. The van der Waals surface area contributed by atoms with Crippen LogP contribution >= 0.6 is 0 Å². The van der Waals surface area contributed by atoms with Crippen molar-refractivity contribution >= 4 is 16.7 Å². The van der Waals surface area contributed by atoms with E-state index in [-0.39, 0.29) is 11.5 Å². The fourth-order valence-electron chi connectivity index (χ4n) is 3.48. The van der Waals surface area contributed by atoms with E-state index in [9.17, 15) is 9.59 Å². The lowest BCUT2D eigenvalue weighted by Crippen LogP contribution is -2.27. The summed E-state index contributed by atoms with van der Waals surface area (Å²) in [7, 11) is 3.17. The molecule has 1 aromatic heterocycles. The van der Waals surface area contributed by atoms with Gasteiger partial charge in [0.05, 0.1) is 25.5 Å². The number of fused-ring (bicyclic) bond motifs is 1. The van der Waals surface area contributed by atoms with Crippen molar-refractivity contribution in [1.82, 2.24) is 9.88 Å². The van der Waals surface area contributed by atoms with Crippen molar-refractivity contribution in [3.05, 3.63) is 100 Å². The van der Waals surface area contributed by atoms with Crippen LogP contribution in [0.2, 0.25) is 0 Å². The largest absolute Gasteiger partial charge is 0.497 e. The Bertz CT molecular complexity index is 1310. The van der Waals surface area contributed by atoms with Gasteiger partial charge in [0.1, 0.15) is 11.5 Å². The summed E-state index contributed by atoms with van der Waals surface area (Å²) in [6.07, 6.45) is 1.58. The normalized spacial score (nSPS) is 10.6. The summed E-state index contributed by atoms with van der Waals surface area (Å²) < 4.78 is 12.0. The van der Waals surface area contributed by atoms with Crippen molar-refractivity contribution < 1.29 is 14.3 Å². The zero-order valence-electron chi connectivity index (χ0n) is 17.3. The van der Waals surface area contributed by atoms with Gasteiger partial charge in [-0.05, 0) is 35.9 Å². The van der Waals surface area contributed by atoms with E-state index in [2.05, 4.69) is 5.32 Å². The number of rotatable bonds is 6. The number of hydrogen-bond acceptors (Lipinski definition) is 4. The number of nitrogens with zero attached hydrogens (tertiary/aromatic N) is 1. The average Bonchev–Trinajstić information content (AvgIpc) is 2.83. The second-order valence-electron chi connectivity index (χ2n) is 7.00. The van der Waals surface area contributed by atoms with E-state index in [1.807, 2.05) is 30.3 Å². The van der Waals surface area contributed by atoms with Gasteiger partial charge in [-0.25, -0.2) is 0 Å². The van der Waals surface area contributed by atoms with Crippen LogP contribution in [0.1, 0.15) is 15.9 Å². The number of nitrogens with one attached hydrogen (secondary N) is 1. The van der Waals surface area contributed by atoms with Gasteiger partial charge in [0, 0.05) is 29.6 Å². The smallest absolute Gasteiger partial charge is 0.262 e. The van der Waals surface area contributed by atoms with E-state index in [0.29, 0.717) is 34.3 Å². The first-order chi connectivity index (χ1) is 15.1. The Kier molecular flexibility index (Phi) is 5.71. The van der Waals surface area contributed by atoms with Gasteiger partial charge in [-0.3, -0.25) is 14.2 Å². The Hall–Kier alpha value is -4.06. The minimum atomic E-state index is -0.268. The molecule has 31 heavy (non-hydrogen) atoms. The van der Waals surface area contributed by atoms with Gasteiger partial charge in [-0.2, -0.15) is 0 Å². The lowest BCUT2D eigenvalue weighted by molar-refractivity contribution is 0.0952. The zero-order valence-corrected chi connectivity index (χ0v) is 17.3. The number of methoxy groups -OCH3 is 2. The first-order valence-electron chi connectivity index (χ1n) is 9.80. The van der Waals surface area contributed by atoms with Crippen LogP contribution in [0.4, 0.5) is 0 Å². The lowest BCUT2D eigenvalue weighted by Gasteiger charge is -2.13. The van der Waals surface area contributed by atoms with E-state index in [1.165, 1.54) is 4.57 Å². The van der Waals surface area contributed by atoms with Gasteiger partial charge in [-0.1, -0.05) is 36.4 Å². The number of benzene rings is 3. The standard InChI is InChI=1S/C25H22N2O4/c1-30-19-9-5-7-17(13-19)15-26-24(28)23-16-27(18-8-6-10-20(14-18)31-2)25(29)22-12-4-3-11-21(22)23/h3-14,16H,15H2,1-2H3,(H,26,28). The van der Waals surface area contributed by atoms with Crippen LogP contribution in [0.5, 0.6) is 11.5 Å². The molecule has 0 aliphatic rings. The highest BCUT2D eigenvalue weighted by molar-refractivity contribution is 6.06. The van der Waals surface area contributed by atoms with Crippen LogP contribution in [0.3, 0.4) is 0 Å². The van der Waals surface area contributed by atoms with E-state index in [1.54, 1.807) is 62.9 Å². The molecular weight excluding hydrogens is 392 g/mol. The highest BCUT2D eigenvalue weighted by Crippen LogP contribution is 2.20. The van der Waals surface area contributed by atoms with Crippen molar-refractivity contribution in [2.75, 3.05) is 14.2 Å². The number of amides is 1. The average molecular weight is 414 g/mol. The molecule has 0 bridgehead atoms. The molecule has 156 valence electrons. The fraction of sp³-hybridized carbons (Fsp3) is 0.120. The monoisotopic (exact) mass is 414 g/mol. The van der Waals surface area contributed by atoms with Crippen LogP contribution < -0.4 is 20.3 Å². The van der Waals surface area contributed by atoms with E-state index < -0.39 is 0 Å². The summed E-state index contributed by atoms with van der Waals surface area (Å²) >= 11 is 0. The summed E-state index contributed by atoms with van der Waals surface area (Å²) in [5.41, 5.74) is 1.75. The number of carbonyl (C=O) groups excluding carboxylic acids is 1. The molecule has 1 heterocycles. The molecule has 0 aliphatic carbocycles. The Morgan fingerprint density at radius 3 is 2.29 bits per heavy atom. The molecule has 0 radical (unpaired) electrons. The molecule has 0 fully saturated rings. The maximum absolute atomic E-state index is 13.1. The molecule has 0 atom stereocenters. The maximum atomic E-state index is 13.1. The molecule has 0 spiro atoms. The molecule has 4 rings (SSSR count). The molecule has 6 nitrogen and oxygen atoms in total. The summed E-state index contributed by atoms with van der Waals surface area (Å²) in [4.78, 5) is 26.3. The minimum Gasteiger partial charge on any atom is -0.497 e. The van der Waals surface area contributed by atoms with Crippen molar-refractivity contribution in [3.8, 4) is 17.2 Å². The summed E-state index contributed by atoms with van der Waals surface area (Å²) in [6.45, 7) is 0.336. The van der Waals surface area contributed by atoms with Gasteiger partial charge >= 0.3 is 0 Å². The Morgan fingerprint density at radius 1 is 0.871 bits per heavy atom. The van der Waals surface area contributed by atoms with Crippen LogP contribution in [0.25, 0.3) is 16.5 Å². The highest BCUT2D eigenvalue weighted by atomic mass is 16.5. The Balaban J connectivity index is 1.75. The number of pyridine rings is 1. The predicted molar refractivity (Wildman–Crippen MR) is 120 cm³/mol. The number of hydrogen-bond donors (Lipinski definition) is 1. The number of aromatic nitrogens is 1. The third-order valence-corrected chi connectivity index (χ3v) is 5.09. The SMILES string of the molecule is COc1cccc(CNC(=O)c2cn(-c3cccc(OC)c3)c(=O)c3ccccc23)c1. The third-order valence-electron chi connectivity index (χ3n) is 5.09. The van der Waals surface area contributed by atoms with E-state index in [0.717, 1.165) is 11.3 Å². The molecule has 1 amide bonds. The Morgan fingerprint density at radius 2 is 1.55 bits per heavy atom. The van der Waals surface area contributed by atoms with Crippen molar-refractivity contribution in [2.45, 2.75) is 6.54 Å². The number of ether oxygens (including phenoxy) is 2.